The summed E-state index contributed by atoms with van der Waals surface area (Å²) in [5, 5.41) is 1.24. The lowest BCUT2D eigenvalue weighted by molar-refractivity contribution is 0.231. The molecule has 1 aromatic rings. The van der Waals surface area contributed by atoms with Crippen LogP contribution in [0.25, 0.3) is 0 Å². The molecule has 2 aliphatic carbocycles. The lowest BCUT2D eigenvalue weighted by Gasteiger charge is -2.35. The van der Waals surface area contributed by atoms with Gasteiger partial charge >= 0.3 is 0 Å². The quantitative estimate of drug-likeness (QED) is 0.825. The van der Waals surface area contributed by atoms with Crippen molar-refractivity contribution in [1.29, 1.82) is 0 Å². The van der Waals surface area contributed by atoms with Gasteiger partial charge in [-0.25, -0.2) is 4.98 Å². The number of thiazole rings is 1. The first-order valence-corrected chi connectivity index (χ1v) is 8.81. The van der Waals surface area contributed by atoms with Crippen molar-refractivity contribution in [1.82, 2.24) is 4.98 Å². The van der Waals surface area contributed by atoms with E-state index in [-0.39, 0.29) is 5.54 Å². The summed E-state index contributed by atoms with van der Waals surface area (Å²) in [5.74, 6) is 0.898. The molecule has 0 radical (unpaired) electrons. The number of rotatable bonds is 2. The molecule has 1 saturated carbocycles. The van der Waals surface area contributed by atoms with E-state index in [9.17, 15) is 0 Å². The molecule has 3 heteroatoms. The molecular formula is C16H26N2S. The Balaban J connectivity index is 1.78. The zero-order valence-electron chi connectivity index (χ0n) is 12.1. The van der Waals surface area contributed by atoms with Crippen LogP contribution in [0.1, 0.15) is 73.9 Å². The number of aryl methyl sites for hydroxylation is 2. The summed E-state index contributed by atoms with van der Waals surface area (Å²) >= 11 is 1.93. The van der Waals surface area contributed by atoms with E-state index >= 15 is 0 Å². The minimum atomic E-state index is -0.109. The van der Waals surface area contributed by atoms with Gasteiger partial charge in [-0.05, 0) is 57.3 Å². The highest BCUT2D eigenvalue weighted by molar-refractivity contribution is 7.11. The monoisotopic (exact) mass is 278 g/mol. The van der Waals surface area contributed by atoms with Gasteiger partial charge in [-0.1, -0.05) is 19.8 Å². The van der Waals surface area contributed by atoms with Crippen molar-refractivity contribution in [3.05, 3.63) is 15.6 Å². The van der Waals surface area contributed by atoms with Gasteiger partial charge in [-0.15, -0.1) is 11.3 Å². The van der Waals surface area contributed by atoms with E-state index in [2.05, 4.69) is 6.92 Å². The van der Waals surface area contributed by atoms with Crippen LogP contribution in [0.3, 0.4) is 0 Å². The van der Waals surface area contributed by atoms with Crippen molar-refractivity contribution in [2.45, 2.75) is 76.7 Å². The van der Waals surface area contributed by atoms with Crippen LogP contribution in [-0.4, -0.2) is 4.98 Å². The molecule has 0 spiro atoms. The topological polar surface area (TPSA) is 38.9 Å². The average molecular weight is 278 g/mol. The third kappa shape index (κ3) is 2.73. The molecule has 0 aliphatic heterocycles. The van der Waals surface area contributed by atoms with Crippen molar-refractivity contribution in [2.24, 2.45) is 11.7 Å². The average Bonchev–Trinajstić information content (AvgIpc) is 2.72. The Hall–Kier alpha value is -0.410. The van der Waals surface area contributed by atoms with Crippen LogP contribution in [0.2, 0.25) is 0 Å². The number of nitrogens with zero attached hydrogens (tertiary/aromatic N) is 1. The Morgan fingerprint density at radius 3 is 2.68 bits per heavy atom. The minimum absolute atomic E-state index is 0.109. The van der Waals surface area contributed by atoms with Gasteiger partial charge < -0.3 is 5.73 Å². The smallest absolute Gasteiger partial charge is 0.113 e. The van der Waals surface area contributed by atoms with Crippen molar-refractivity contribution < 1.29 is 0 Å². The normalized spacial score (nSPS) is 31.8. The molecule has 19 heavy (non-hydrogen) atoms. The van der Waals surface area contributed by atoms with E-state index in [1.807, 2.05) is 11.3 Å². The van der Waals surface area contributed by atoms with Gasteiger partial charge in [0.1, 0.15) is 5.01 Å². The fourth-order valence-corrected chi connectivity index (χ4v) is 4.87. The van der Waals surface area contributed by atoms with Gasteiger partial charge in [-0.2, -0.15) is 0 Å². The van der Waals surface area contributed by atoms with Gasteiger partial charge in [-0.3, -0.25) is 0 Å². The number of hydrogen-bond donors (Lipinski definition) is 1. The molecular weight excluding hydrogens is 252 g/mol. The predicted octanol–water partition coefficient (Wildman–Crippen LogP) is 4.17. The van der Waals surface area contributed by atoms with Crippen molar-refractivity contribution in [3.63, 3.8) is 0 Å². The molecule has 1 fully saturated rings. The van der Waals surface area contributed by atoms with E-state index < -0.39 is 0 Å². The minimum Gasteiger partial charge on any atom is -0.319 e. The van der Waals surface area contributed by atoms with E-state index in [1.165, 1.54) is 66.9 Å². The van der Waals surface area contributed by atoms with Crippen LogP contribution in [-0.2, 0) is 18.4 Å². The number of fused-ring (bicyclic) bond motifs is 1. The van der Waals surface area contributed by atoms with Gasteiger partial charge in [0.15, 0.2) is 0 Å². The molecule has 0 amide bonds. The first kappa shape index (κ1) is 13.6. The molecule has 2 nitrogen and oxygen atoms in total. The number of aromatic nitrogens is 1. The van der Waals surface area contributed by atoms with Crippen LogP contribution < -0.4 is 5.73 Å². The van der Waals surface area contributed by atoms with Crippen molar-refractivity contribution in [2.75, 3.05) is 0 Å². The zero-order chi connectivity index (χ0) is 13.3. The van der Waals surface area contributed by atoms with Crippen LogP contribution in [0.4, 0.5) is 0 Å². The Morgan fingerprint density at radius 1 is 1.21 bits per heavy atom. The fourth-order valence-electron chi connectivity index (χ4n) is 3.56. The third-order valence-corrected chi connectivity index (χ3v) is 6.47. The van der Waals surface area contributed by atoms with Gasteiger partial charge in [0.2, 0.25) is 0 Å². The lowest BCUT2D eigenvalue weighted by atomic mass is 9.76. The molecule has 106 valence electrons. The molecule has 0 unspecified atom stereocenters. The van der Waals surface area contributed by atoms with E-state index in [0.29, 0.717) is 0 Å². The van der Waals surface area contributed by atoms with Gasteiger partial charge in [0.25, 0.3) is 0 Å². The van der Waals surface area contributed by atoms with Crippen molar-refractivity contribution in [3.8, 4) is 0 Å². The number of nitrogens with two attached hydrogens (primary N) is 1. The molecule has 2 aliphatic rings. The Labute approximate surface area is 120 Å². The molecule has 1 aromatic heterocycles. The second-order valence-electron chi connectivity index (χ2n) is 6.46. The second-order valence-corrected chi connectivity index (χ2v) is 7.54. The lowest BCUT2D eigenvalue weighted by Crippen LogP contribution is -2.40. The largest absolute Gasteiger partial charge is 0.319 e. The molecule has 3 rings (SSSR count). The summed E-state index contributed by atoms with van der Waals surface area (Å²) in [7, 11) is 0. The van der Waals surface area contributed by atoms with E-state index in [0.717, 1.165) is 18.8 Å². The van der Waals surface area contributed by atoms with Crippen LogP contribution in [0.15, 0.2) is 0 Å². The Bertz CT molecular complexity index is 406. The molecule has 1 heterocycles. The van der Waals surface area contributed by atoms with E-state index in [1.54, 1.807) is 0 Å². The summed E-state index contributed by atoms with van der Waals surface area (Å²) in [4.78, 5) is 6.49. The highest BCUT2D eigenvalue weighted by atomic mass is 32.1. The Kier molecular flexibility index (Phi) is 3.95. The maximum absolute atomic E-state index is 6.70. The molecule has 0 atom stereocenters. The fraction of sp³-hybridized carbons (Fsp3) is 0.812. The molecule has 2 N–H and O–H groups in total. The first-order chi connectivity index (χ1) is 9.21. The Morgan fingerprint density at radius 2 is 1.95 bits per heavy atom. The number of hydrogen-bond acceptors (Lipinski definition) is 3. The molecule has 0 saturated heterocycles. The summed E-state index contributed by atoms with van der Waals surface area (Å²) in [5.41, 5.74) is 7.96. The SMILES string of the molecule is CCC1CCC(N)(c2nc3c(s2)CCCCC3)CC1. The second kappa shape index (κ2) is 5.53. The maximum atomic E-state index is 6.70. The van der Waals surface area contributed by atoms with Gasteiger partial charge in [0.05, 0.1) is 11.2 Å². The van der Waals surface area contributed by atoms with E-state index in [4.69, 9.17) is 10.7 Å². The summed E-state index contributed by atoms with van der Waals surface area (Å²) < 4.78 is 0. The molecule has 0 aromatic carbocycles. The molecule has 0 bridgehead atoms. The first-order valence-electron chi connectivity index (χ1n) is 7.99. The highest BCUT2D eigenvalue weighted by Gasteiger charge is 2.36. The maximum Gasteiger partial charge on any atom is 0.113 e. The predicted molar refractivity (Wildman–Crippen MR) is 81.5 cm³/mol. The zero-order valence-corrected chi connectivity index (χ0v) is 12.9. The summed E-state index contributed by atoms with van der Waals surface area (Å²) in [6.07, 6.45) is 12.6. The van der Waals surface area contributed by atoms with Crippen LogP contribution in [0.5, 0.6) is 0 Å². The summed E-state index contributed by atoms with van der Waals surface area (Å²) in [6, 6.07) is 0. The standard InChI is InChI=1S/C16H26N2S/c1-2-12-8-10-16(17,11-9-12)15-18-13-6-4-3-5-7-14(13)19-15/h12H,2-11,17H2,1H3. The highest BCUT2D eigenvalue weighted by Crippen LogP contribution is 2.41. The van der Waals surface area contributed by atoms with Crippen LogP contribution in [0, 0.1) is 5.92 Å². The third-order valence-electron chi connectivity index (χ3n) is 5.10. The summed E-state index contributed by atoms with van der Waals surface area (Å²) in [6.45, 7) is 2.31. The van der Waals surface area contributed by atoms with Crippen LogP contribution >= 0.6 is 11.3 Å². The van der Waals surface area contributed by atoms with Crippen molar-refractivity contribution >= 4 is 11.3 Å². The van der Waals surface area contributed by atoms with Gasteiger partial charge in [0, 0.05) is 4.88 Å².